The molecule has 0 bridgehead atoms. The van der Waals surface area contributed by atoms with Crippen molar-refractivity contribution in [3.8, 4) is 5.69 Å². The molecule has 5 nitrogen and oxygen atoms in total. The van der Waals surface area contributed by atoms with Crippen molar-refractivity contribution in [1.82, 2.24) is 9.55 Å². The Labute approximate surface area is 201 Å². The Morgan fingerprint density at radius 3 is 2.55 bits per heavy atom. The number of halogens is 1. The SMILES string of the molecule is Cc1ccc(Cl)cc1NC(=O)CSc1nc2ccccc2c(=O)n1-c1ccc(C(C)C)cc1. The lowest BCUT2D eigenvalue weighted by molar-refractivity contribution is -0.113. The Morgan fingerprint density at radius 1 is 1.09 bits per heavy atom. The monoisotopic (exact) mass is 477 g/mol. The van der Waals surface area contributed by atoms with Crippen LogP contribution in [0.5, 0.6) is 0 Å². The summed E-state index contributed by atoms with van der Waals surface area (Å²) in [5, 5.41) is 4.45. The minimum atomic E-state index is -0.200. The molecule has 0 aliphatic rings. The number of aryl methyl sites for hydroxylation is 1. The van der Waals surface area contributed by atoms with Crippen molar-refractivity contribution in [3.63, 3.8) is 0 Å². The molecule has 4 rings (SSSR count). The van der Waals surface area contributed by atoms with Crippen LogP contribution in [-0.4, -0.2) is 21.2 Å². The second-order valence-electron chi connectivity index (χ2n) is 8.09. The second kappa shape index (κ2) is 9.81. The largest absolute Gasteiger partial charge is 0.325 e. The average Bonchev–Trinajstić information content (AvgIpc) is 2.80. The maximum absolute atomic E-state index is 13.4. The van der Waals surface area contributed by atoms with E-state index in [9.17, 15) is 9.59 Å². The lowest BCUT2D eigenvalue weighted by Crippen LogP contribution is -2.23. The predicted octanol–water partition coefficient (Wildman–Crippen LogP) is 6.20. The summed E-state index contributed by atoms with van der Waals surface area (Å²) in [6, 6.07) is 20.5. The molecule has 0 unspecified atom stereocenters. The normalized spacial score (nSPS) is 11.2. The van der Waals surface area contributed by atoms with E-state index in [1.807, 2.05) is 55.5 Å². The Morgan fingerprint density at radius 2 is 1.82 bits per heavy atom. The van der Waals surface area contributed by atoms with Gasteiger partial charge in [0.05, 0.1) is 22.3 Å². The van der Waals surface area contributed by atoms with Crippen molar-refractivity contribution in [2.45, 2.75) is 31.8 Å². The Hall–Kier alpha value is -3.09. The third-order valence-electron chi connectivity index (χ3n) is 5.37. The summed E-state index contributed by atoms with van der Waals surface area (Å²) in [7, 11) is 0. The van der Waals surface area contributed by atoms with Crippen LogP contribution >= 0.6 is 23.4 Å². The molecule has 0 atom stereocenters. The number of thioether (sulfide) groups is 1. The number of para-hydroxylation sites is 1. The summed E-state index contributed by atoms with van der Waals surface area (Å²) in [5.74, 6) is 0.285. The third-order valence-corrected chi connectivity index (χ3v) is 6.54. The maximum Gasteiger partial charge on any atom is 0.266 e. The van der Waals surface area contributed by atoms with Gasteiger partial charge < -0.3 is 5.32 Å². The molecule has 0 spiro atoms. The van der Waals surface area contributed by atoms with Gasteiger partial charge in [-0.1, -0.05) is 67.5 Å². The van der Waals surface area contributed by atoms with E-state index in [4.69, 9.17) is 16.6 Å². The number of nitrogens with zero attached hydrogens (tertiary/aromatic N) is 2. The molecule has 1 heterocycles. The van der Waals surface area contributed by atoms with Crippen LogP contribution in [0.15, 0.2) is 76.7 Å². The van der Waals surface area contributed by atoms with Crippen molar-refractivity contribution in [2.24, 2.45) is 0 Å². The quantitative estimate of drug-likeness (QED) is 0.265. The fraction of sp³-hybridized carbons (Fsp3) is 0.192. The number of aromatic nitrogens is 2. The molecule has 0 saturated carbocycles. The van der Waals surface area contributed by atoms with E-state index in [0.717, 1.165) is 11.3 Å². The van der Waals surface area contributed by atoms with E-state index < -0.39 is 0 Å². The zero-order valence-corrected chi connectivity index (χ0v) is 20.2. The van der Waals surface area contributed by atoms with Gasteiger partial charge in [-0.05, 0) is 60.4 Å². The van der Waals surface area contributed by atoms with Gasteiger partial charge in [0, 0.05) is 10.7 Å². The lowest BCUT2D eigenvalue weighted by Gasteiger charge is -2.14. The highest BCUT2D eigenvalue weighted by molar-refractivity contribution is 7.99. The van der Waals surface area contributed by atoms with Gasteiger partial charge in [0.25, 0.3) is 5.56 Å². The molecule has 0 aliphatic carbocycles. The van der Waals surface area contributed by atoms with E-state index in [1.54, 1.807) is 22.8 Å². The first-order chi connectivity index (χ1) is 15.8. The molecule has 0 aliphatic heterocycles. The standard InChI is InChI=1S/C26H24ClN3O2S/c1-16(2)18-9-12-20(13-10-18)30-25(32)21-6-4-5-7-22(21)29-26(30)33-15-24(31)28-23-14-19(27)11-8-17(23)3/h4-14,16H,15H2,1-3H3,(H,28,31). The maximum atomic E-state index is 13.4. The number of hydrogen-bond acceptors (Lipinski definition) is 4. The third kappa shape index (κ3) is 5.13. The number of amides is 1. The smallest absolute Gasteiger partial charge is 0.266 e. The van der Waals surface area contributed by atoms with Crippen LogP contribution in [0.4, 0.5) is 5.69 Å². The van der Waals surface area contributed by atoms with Crippen molar-refractivity contribution in [1.29, 1.82) is 0 Å². The van der Waals surface area contributed by atoms with Crippen LogP contribution in [0.3, 0.4) is 0 Å². The molecule has 1 N–H and O–H groups in total. The number of carbonyl (C=O) groups is 1. The lowest BCUT2D eigenvalue weighted by atomic mass is 10.0. The van der Waals surface area contributed by atoms with Crippen LogP contribution in [0.2, 0.25) is 5.02 Å². The van der Waals surface area contributed by atoms with E-state index in [0.29, 0.717) is 32.7 Å². The van der Waals surface area contributed by atoms with Crippen LogP contribution < -0.4 is 10.9 Å². The summed E-state index contributed by atoms with van der Waals surface area (Å²) in [5.41, 5.74) is 3.94. The molecule has 168 valence electrons. The summed E-state index contributed by atoms with van der Waals surface area (Å²) < 4.78 is 1.58. The minimum absolute atomic E-state index is 0.0980. The number of rotatable bonds is 6. The number of nitrogens with one attached hydrogen (secondary N) is 1. The Bertz CT molecular complexity index is 1380. The van der Waals surface area contributed by atoms with E-state index >= 15 is 0 Å². The summed E-state index contributed by atoms with van der Waals surface area (Å²) in [4.78, 5) is 30.8. The first-order valence-electron chi connectivity index (χ1n) is 10.6. The highest BCUT2D eigenvalue weighted by Crippen LogP contribution is 2.24. The minimum Gasteiger partial charge on any atom is -0.325 e. The van der Waals surface area contributed by atoms with Gasteiger partial charge in [-0.15, -0.1) is 0 Å². The number of anilines is 1. The summed E-state index contributed by atoms with van der Waals surface area (Å²) in [6.07, 6.45) is 0. The van der Waals surface area contributed by atoms with Crippen molar-refractivity contribution >= 4 is 45.9 Å². The molecular weight excluding hydrogens is 454 g/mol. The molecule has 0 fully saturated rings. The number of hydrogen-bond donors (Lipinski definition) is 1. The van der Waals surface area contributed by atoms with Gasteiger partial charge >= 0.3 is 0 Å². The topological polar surface area (TPSA) is 64.0 Å². The van der Waals surface area contributed by atoms with Crippen LogP contribution in [-0.2, 0) is 4.79 Å². The van der Waals surface area contributed by atoms with Gasteiger partial charge in [0.2, 0.25) is 5.91 Å². The number of carbonyl (C=O) groups excluding carboxylic acids is 1. The molecule has 7 heteroatoms. The van der Waals surface area contributed by atoms with Gasteiger partial charge in [-0.25, -0.2) is 4.98 Å². The van der Waals surface area contributed by atoms with Crippen molar-refractivity contribution in [2.75, 3.05) is 11.1 Å². The molecule has 1 amide bonds. The second-order valence-corrected chi connectivity index (χ2v) is 9.47. The summed E-state index contributed by atoms with van der Waals surface area (Å²) in [6.45, 7) is 6.16. The van der Waals surface area contributed by atoms with Crippen LogP contribution in [0, 0.1) is 6.92 Å². The Balaban J connectivity index is 1.67. The van der Waals surface area contributed by atoms with E-state index in [2.05, 4.69) is 19.2 Å². The molecular formula is C26H24ClN3O2S. The molecule has 3 aromatic carbocycles. The first-order valence-corrected chi connectivity index (χ1v) is 12.0. The highest BCUT2D eigenvalue weighted by Gasteiger charge is 2.15. The average molecular weight is 478 g/mol. The molecule has 0 radical (unpaired) electrons. The first kappa shape index (κ1) is 23.1. The fourth-order valence-corrected chi connectivity index (χ4v) is 4.48. The van der Waals surface area contributed by atoms with Crippen LogP contribution in [0.25, 0.3) is 16.6 Å². The van der Waals surface area contributed by atoms with Gasteiger partial charge in [-0.2, -0.15) is 0 Å². The highest BCUT2D eigenvalue weighted by atomic mass is 35.5. The van der Waals surface area contributed by atoms with E-state index in [-0.39, 0.29) is 17.2 Å². The van der Waals surface area contributed by atoms with Crippen molar-refractivity contribution < 1.29 is 4.79 Å². The number of fused-ring (bicyclic) bond motifs is 1. The summed E-state index contributed by atoms with van der Waals surface area (Å²) >= 11 is 7.29. The van der Waals surface area contributed by atoms with Crippen molar-refractivity contribution in [3.05, 3.63) is 93.2 Å². The Kier molecular flexibility index (Phi) is 6.86. The van der Waals surface area contributed by atoms with Gasteiger partial charge in [0.15, 0.2) is 5.16 Å². The van der Waals surface area contributed by atoms with E-state index in [1.165, 1.54) is 17.3 Å². The molecule has 0 saturated heterocycles. The predicted molar refractivity (Wildman–Crippen MR) is 137 cm³/mol. The molecule has 4 aromatic rings. The van der Waals surface area contributed by atoms with Gasteiger partial charge in [-0.3, -0.25) is 14.2 Å². The molecule has 33 heavy (non-hydrogen) atoms. The fourth-order valence-electron chi connectivity index (χ4n) is 3.49. The number of benzene rings is 3. The zero-order valence-electron chi connectivity index (χ0n) is 18.6. The van der Waals surface area contributed by atoms with Crippen LogP contribution in [0.1, 0.15) is 30.9 Å². The zero-order chi connectivity index (χ0) is 23.5. The molecule has 1 aromatic heterocycles. The van der Waals surface area contributed by atoms with Gasteiger partial charge in [0.1, 0.15) is 0 Å².